The fourth-order valence-electron chi connectivity index (χ4n) is 0.242. The summed E-state index contributed by atoms with van der Waals surface area (Å²) in [5.41, 5.74) is 0. The lowest BCUT2D eigenvalue weighted by atomic mass is 10.5. The highest BCUT2D eigenvalue weighted by Crippen LogP contribution is 1.87. The second-order valence-corrected chi connectivity index (χ2v) is 0.887. The van der Waals surface area contributed by atoms with Crippen molar-refractivity contribution < 1.29 is 8.85 Å². The summed E-state index contributed by atoms with van der Waals surface area (Å²) in [7, 11) is 0. The van der Waals surface area contributed by atoms with Gasteiger partial charge < -0.3 is 4.74 Å². The zero-order chi connectivity index (χ0) is 6.85. The van der Waals surface area contributed by atoms with Crippen LogP contribution in [0.15, 0.2) is 24.4 Å². The topological polar surface area (TPSA) is 9.23 Å². The number of rotatable bonds is 0. The van der Waals surface area contributed by atoms with Gasteiger partial charge in [0.1, 0.15) is 7.98 Å². The van der Waals surface area contributed by atoms with E-state index < -0.39 is 0 Å². The van der Waals surface area contributed by atoms with E-state index in [9.17, 15) is 0 Å². The van der Waals surface area contributed by atoms with Crippen molar-refractivity contribution in [3.63, 3.8) is 0 Å². The average Bonchev–Trinajstić information content (AvgIpc) is 1.83. The van der Waals surface area contributed by atoms with Crippen LogP contribution in [-0.2, 0) is 4.74 Å². The van der Waals surface area contributed by atoms with Gasteiger partial charge in [0, 0.05) is 0 Å². The van der Waals surface area contributed by atoms with Gasteiger partial charge in [-0.05, 0) is 12.1 Å². The molecular weight excluding hydrogens is 76.1 g/mol. The van der Waals surface area contributed by atoms with Crippen molar-refractivity contribution in [2.45, 2.75) is 0 Å². The molecule has 0 N–H and O–H groups in total. The van der Waals surface area contributed by atoms with Gasteiger partial charge in [0.25, 0.3) is 0 Å². The van der Waals surface area contributed by atoms with Crippen LogP contribution in [0.25, 0.3) is 0 Å². The van der Waals surface area contributed by atoms with E-state index in [1.54, 1.807) is 0 Å². The van der Waals surface area contributed by atoms with E-state index in [1.807, 2.05) is 0 Å². The van der Waals surface area contributed by atoms with E-state index in [4.69, 9.17) is 4.11 Å². The molecule has 1 rings (SSSR count). The number of allylic oxidation sites excluding steroid dienone is 2. The van der Waals surface area contributed by atoms with Gasteiger partial charge in [-0.2, -0.15) is 0 Å². The maximum atomic E-state index is 7.02. The van der Waals surface area contributed by atoms with Gasteiger partial charge in [-0.15, -0.1) is 0 Å². The molecule has 0 aromatic rings. The van der Waals surface area contributed by atoms with Crippen molar-refractivity contribution in [3.05, 3.63) is 24.4 Å². The first-order valence-electron chi connectivity index (χ1n) is 3.19. The van der Waals surface area contributed by atoms with Crippen LogP contribution in [0.1, 0.15) is 4.11 Å². The summed E-state index contributed by atoms with van der Waals surface area (Å²) in [6.45, 7) is 0.250. The van der Waals surface area contributed by atoms with Crippen molar-refractivity contribution in [1.82, 2.24) is 0 Å². The first-order chi connectivity index (χ1) is 4.22. The van der Waals surface area contributed by atoms with Crippen LogP contribution in [0.2, 0.25) is 0 Å². The van der Waals surface area contributed by atoms with Crippen molar-refractivity contribution in [3.8, 4) is 0 Å². The fraction of sp³-hybridized carbons (Fsp3) is 0.200. The summed E-state index contributed by atoms with van der Waals surface area (Å²) in [5, 5.41) is 0. The SMILES string of the molecule is [2H]C1=CCOC([2H])=C1[2H]. The van der Waals surface area contributed by atoms with Gasteiger partial charge in [0.2, 0.25) is 0 Å². The molecule has 1 heteroatoms. The molecule has 0 atom stereocenters. The lowest BCUT2D eigenvalue weighted by Gasteiger charge is -1.94. The molecule has 6 heavy (non-hydrogen) atoms. The minimum atomic E-state index is -0.206. The van der Waals surface area contributed by atoms with Crippen LogP contribution in [-0.4, -0.2) is 6.61 Å². The van der Waals surface area contributed by atoms with Gasteiger partial charge in [0.15, 0.2) is 0 Å². The van der Waals surface area contributed by atoms with E-state index >= 15 is 0 Å². The molecule has 0 spiro atoms. The van der Waals surface area contributed by atoms with Crippen LogP contribution in [0, 0.1) is 0 Å². The third-order valence-corrected chi connectivity index (χ3v) is 0.464. The minimum absolute atomic E-state index is 0.0752. The molecule has 1 nitrogen and oxygen atoms in total. The molecule has 0 saturated carbocycles. The Morgan fingerprint density at radius 2 is 2.67 bits per heavy atom. The highest BCUT2D eigenvalue weighted by molar-refractivity contribution is 5.02. The molecule has 0 bridgehead atoms. The number of hydrogen-bond acceptors (Lipinski definition) is 1. The van der Waals surface area contributed by atoms with Crippen LogP contribution < -0.4 is 0 Å². The molecule has 0 aromatic carbocycles. The Kier molecular flexibility index (Phi) is 0.388. The predicted molar refractivity (Wildman–Crippen MR) is 24.2 cm³/mol. The summed E-state index contributed by atoms with van der Waals surface area (Å²) in [4.78, 5) is 0. The molecule has 0 fully saturated rings. The van der Waals surface area contributed by atoms with Crippen molar-refractivity contribution in [2.24, 2.45) is 0 Å². The monoisotopic (exact) mass is 85.1 g/mol. The minimum Gasteiger partial charge on any atom is -0.497 e. The Labute approximate surface area is 41.1 Å². The van der Waals surface area contributed by atoms with E-state index in [1.165, 1.54) is 6.08 Å². The summed E-state index contributed by atoms with van der Waals surface area (Å²) in [6.07, 6.45) is 1.25. The molecule has 32 valence electrons. The van der Waals surface area contributed by atoms with Gasteiger partial charge in [-0.3, -0.25) is 0 Å². The molecule has 0 amide bonds. The van der Waals surface area contributed by atoms with Crippen LogP contribution in [0.5, 0.6) is 0 Å². The Bertz CT molecular complexity index is 183. The number of hydrogen-bond donors (Lipinski definition) is 0. The van der Waals surface area contributed by atoms with E-state index in [0.717, 1.165) is 0 Å². The van der Waals surface area contributed by atoms with Gasteiger partial charge >= 0.3 is 0 Å². The second kappa shape index (κ2) is 1.65. The Morgan fingerprint density at radius 3 is 3.33 bits per heavy atom. The summed E-state index contributed by atoms with van der Waals surface area (Å²) in [6, 6.07) is -0.0625. The Hall–Kier alpha value is -0.720. The van der Waals surface area contributed by atoms with E-state index in [2.05, 4.69) is 4.74 Å². The average molecular weight is 85.1 g/mol. The molecule has 1 aliphatic heterocycles. The standard InChI is InChI=1S/C5H6O/c1-2-4-6-5-3-1/h1-4H,5H2/i1D,2D,4D. The van der Waals surface area contributed by atoms with Gasteiger partial charge in [-0.25, -0.2) is 0 Å². The lowest BCUT2D eigenvalue weighted by molar-refractivity contribution is 0.286. The van der Waals surface area contributed by atoms with E-state index in [0.29, 0.717) is 0 Å². The first-order valence-corrected chi connectivity index (χ1v) is 1.69. The zero-order valence-electron chi connectivity index (χ0n) is 6.19. The van der Waals surface area contributed by atoms with Crippen molar-refractivity contribution in [1.29, 1.82) is 0 Å². The maximum Gasteiger partial charge on any atom is 0.106 e. The molecule has 0 radical (unpaired) electrons. The lowest BCUT2D eigenvalue weighted by Crippen LogP contribution is -1.82. The summed E-state index contributed by atoms with van der Waals surface area (Å²) < 4.78 is 25.6. The Balaban J connectivity index is 2.88. The molecule has 0 aromatic heterocycles. The van der Waals surface area contributed by atoms with Crippen LogP contribution in [0.4, 0.5) is 0 Å². The van der Waals surface area contributed by atoms with Crippen LogP contribution in [0.3, 0.4) is 0 Å². The largest absolute Gasteiger partial charge is 0.497 e. The summed E-state index contributed by atoms with van der Waals surface area (Å²) >= 11 is 0. The van der Waals surface area contributed by atoms with E-state index in [-0.39, 0.29) is 24.9 Å². The summed E-state index contributed by atoms with van der Waals surface area (Å²) in [5.74, 6) is 0. The first kappa shape index (κ1) is 1.41. The number of ether oxygens (including phenoxy) is 1. The van der Waals surface area contributed by atoms with Gasteiger partial charge in [0.05, 0.1) is 8.98 Å². The molecule has 0 saturated heterocycles. The van der Waals surface area contributed by atoms with Crippen LogP contribution >= 0.6 is 0 Å². The third-order valence-electron chi connectivity index (χ3n) is 0.464. The van der Waals surface area contributed by atoms with Crippen molar-refractivity contribution >= 4 is 0 Å². The smallest absolute Gasteiger partial charge is 0.106 e. The molecule has 1 aliphatic rings. The third kappa shape index (κ3) is 0.612. The second-order valence-electron chi connectivity index (χ2n) is 0.887. The zero-order valence-corrected chi connectivity index (χ0v) is 3.19. The molecular formula is C5H6O. The quantitative estimate of drug-likeness (QED) is 0.427. The van der Waals surface area contributed by atoms with Gasteiger partial charge in [-0.1, -0.05) is 6.05 Å². The highest BCUT2D eigenvalue weighted by Gasteiger charge is 1.75. The normalized spacial score (nSPS) is 29.3. The highest BCUT2D eigenvalue weighted by atomic mass is 16.5. The molecule has 0 unspecified atom stereocenters. The Morgan fingerprint density at radius 1 is 1.67 bits per heavy atom. The van der Waals surface area contributed by atoms with Crippen molar-refractivity contribution in [2.75, 3.05) is 6.61 Å². The molecule has 0 aliphatic carbocycles. The maximum absolute atomic E-state index is 7.02. The fourth-order valence-corrected chi connectivity index (χ4v) is 0.242. The molecule has 1 heterocycles. The predicted octanol–water partition coefficient (Wildman–Crippen LogP) is 1.09.